The van der Waals surface area contributed by atoms with E-state index >= 15 is 0 Å². The van der Waals surface area contributed by atoms with Gasteiger partial charge in [0.05, 0.1) is 0 Å². The maximum atomic E-state index is 12.0. The van der Waals surface area contributed by atoms with Crippen LogP contribution in [0.25, 0.3) is 0 Å². The maximum Gasteiger partial charge on any atom is 0.262 e. The summed E-state index contributed by atoms with van der Waals surface area (Å²) in [6.45, 7) is 5.05. The van der Waals surface area contributed by atoms with Gasteiger partial charge in [0.2, 0.25) is 0 Å². The van der Waals surface area contributed by atoms with Gasteiger partial charge in [-0.1, -0.05) is 6.92 Å². The average molecular weight is 317 g/mol. The van der Waals surface area contributed by atoms with Gasteiger partial charge in [-0.05, 0) is 52.2 Å². The van der Waals surface area contributed by atoms with Crippen LogP contribution in [0.4, 0.5) is 0 Å². The Labute approximate surface area is 114 Å². The first-order chi connectivity index (χ1) is 8.11. The lowest BCUT2D eigenvalue weighted by molar-refractivity contribution is 0.0928. The summed E-state index contributed by atoms with van der Waals surface area (Å²) in [7, 11) is 0. The number of carbonyl (C=O) groups is 1. The summed E-state index contributed by atoms with van der Waals surface area (Å²) in [5, 5.41) is 8.34. The van der Waals surface area contributed by atoms with E-state index in [1.54, 1.807) is 0 Å². The fourth-order valence-electron chi connectivity index (χ4n) is 2.10. The predicted octanol–water partition coefficient (Wildman–Crippen LogP) is 2.63. The smallest absolute Gasteiger partial charge is 0.262 e. The molecule has 1 aromatic heterocycles. The topological polar surface area (TPSA) is 41.1 Å². The minimum Gasteiger partial charge on any atom is -0.351 e. The van der Waals surface area contributed by atoms with Crippen LogP contribution in [0, 0.1) is 5.41 Å². The normalized spacial score (nSPS) is 24.6. The van der Waals surface area contributed by atoms with E-state index in [0.29, 0.717) is 0 Å². The summed E-state index contributed by atoms with van der Waals surface area (Å²) in [6, 6.07) is 1.91. The third-order valence-corrected chi connectivity index (χ3v) is 5.02. The molecule has 0 aliphatic carbocycles. The van der Waals surface area contributed by atoms with Crippen LogP contribution in [0.1, 0.15) is 29.4 Å². The van der Waals surface area contributed by atoms with Crippen LogP contribution in [-0.2, 0) is 0 Å². The molecule has 1 saturated heterocycles. The first kappa shape index (κ1) is 13.1. The van der Waals surface area contributed by atoms with Gasteiger partial charge in [0.25, 0.3) is 5.91 Å². The minimum atomic E-state index is 0.0265. The third-order valence-electron chi connectivity index (χ3n) is 3.18. The molecule has 0 saturated carbocycles. The van der Waals surface area contributed by atoms with E-state index in [1.807, 2.05) is 11.4 Å². The monoisotopic (exact) mass is 316 g/mol. The van der Waals surface area contributed by atoms with Crippen LogP contribution < -0.4 is 10.6 Å². The highest BCUT2D eigenvalue weighted by atomic mass is 79.9. The Morgan fingerprint density at radius 1 is 1.71 bits per heavy atom. The van der Waals surface area contributed by atoms with Gasteiger partial charge >= 0.3 is 0 Å². The molecule has 0 aromatic carbocycles. The molecule has 17 heavy (non-hydrogen) atoms. The van der Waals surface area contributed by atoms with Crippen LogP contribution in [0.15, 0.2) is 15.9 Å². The van der Waals surface area contributed by atoms with Crippen molar-refractivity contribution in [1.29, 1.82) is 0 Å². The predicted molar refractivity (Wildman–Crippen MR) is 74.6 cm³/mol. The van der Waals surface area contributed by atoms with Gasteiger partial charge in [-0.3, -0.25) is 4.79 Å². The highest BCUT2D eigenvalue weighted by molar-refractivity contribution is 9.10. The number of hydrogen-bond acceptors (Lipinski definition) is 3. The number of rotatable bonds is 3. The molecule has 1 aromatic rings. The van der Waals surface area contributed by atoms with E-state index in [1.165, 1.54) is 24.2 Å². The minimum absolute atomic E-state index is 0.0265. The summed E-state index contributed by atoms with van der Waals surface area (Å²) in [6.07, 6.45) is 2.36. The van der Waals surface area contributed by atoms with Crippen LogP contribution in [0.3, 0.4) is 0 Å². The summed E-state index contributed by atoms with van der Waals surface area (Å²) in [5.74, 6) is 0.0265. The van der Waals surface area contributed by atoms with Gasteiger partial charge in [0.1, 0.15) is 4.88 Å². The Hall–Kier alpha value is -0.390. The number of nitrogens with one attached hydrogen (secondary N) is 2. The summed E-state index contributed by atoms with van der Waals surface area (Å²) < 4.78 is 0.881. The Kier molecular flexibility index (Phi) is 4.22. The zero-order valence-corrected chi connectivity index (χ0v) is 12.3. The molecule has 3 nitrogen and oxygen atoms in total. The van der Waals surface area contributed by atoms with Crippen molar-refractivity contribution in [1.82, 2.24) is 10.6 Å². The number of amides is 1. The van der Waals surface area contributed by atoms with E-state index in [2.05, 4.69) is 33.5 Å². The summed E-state index contributed by atoms with van der Waals surface area (Å²) in [5.41, 5.74) is 0.192. The zero-order valence-electron chi connectivity index (χ0n) is 9.88. The molecule has 0 spiro atoms. The molecular weight excluding hydrogens is 300 g/mol. The molecule has 1 unspecified atom stereocenters. The van der Waals surface area contributed by atoms with Gasteiger partial charge in [-0.25, -0.2) is 0 Å². The van der Waals surface area contributed by atoms with Crippen molar-refractivity contribution in [2.45, 2.75) is 19.8 Å². The fraction of sp³-hybridized carbons (Fsp3) is 0.583. The summed E-state index contributed by atoms with van der Waals surface area (Å²) in [4.78, 5) is 12.7. The van der Waals surface area contributed by atoms with Crippen LogP contribution in [0.5, 0.6) is 0 Å². The average Bonchev–Trinajstić information content (AvgIpc) is 2.74. The second kappa shape index (κ2) is 5.50. The van der Waals surface area contributed by atoms with E-state index in [4.69, 9.17) is 0 Å². The SMILES string of the molecule is CC1(CNC(=O)c2sccc2Br)CCCNC1. The zero-order chi connectivity index (χ0) is 12.3. The number of piperidine rings is 1. The lowest BCUT2D eigenvalue weighted by Crippen LogP contribution is -2.45. The Morgan fingerprint density at radius 3 is 3.12 bits per heavy atom. The second-order valence-corrected chi connectivity index (χ2v) is 6.64. The van der Waals surface area contributed by atoms with Gasteiger partial charge in [-0.15, -0.1) is 11.3 Å². The van der Waals surface area contributed by atoms with Crippen molar-refractivity contribution in [3.8, 4) is 0 Å². The quantitative estimate of drug-likeness (QED) is 0.900. The number of carbonyl (C=O) groups excluding carboxylic acids is 1. The molecule has 94 valence electrons. The van der Waals surface area contributed by atoms with Crippen LogP contribution in [-0.4, -0.2) is 25.5 Å². The van der Waals surface area contributed by atoms with Crippen LogP contribution in [0.2, 0.25) is 0 Å². The van der Waals surface area contributed by atoms with Crippen molar-refractivity contribution < 1.29 is 4.79 Å². The fourth-order valence-corrected chi connectivity index (χ4v) is 3.57. The van der Waals surface area contributed by atoms with Gasteiger partial charge in [0.15, 0.2) is 0 Å². The third kappa shape index (κ3) is 3.30. The molecule has 1 aliphatic heterocycles. The molecule has 0 bridgehead atoms. The molecule has 1 atom stereocenters. The number of hydrogen-bond donors (Lipinski definition) is 2. The van der Waals surface area contributed by atoms with E-state index in [-0.39, 0.29) is 11.3 Å². The Morgan fingerprint density at radius 2 is 2.53 bits per heavy atom. The highest BCUT2D eigenvalue weighted by Crippen LogP contribution is 2.26. The Balaban J connectivity index is 1.90. The van der Waals surface area contributed by atoms with Crippen molar-refractivity contribution >= 4 is 33.2 Å². The van der Waals surface area contributed by atoms with Crippen molar-refractivity contribution in [2.75, 3.05) is 19.6 Å². The lowest BCUT2D eigenvalue weighted by Gasteiger charge is -2.34. The molecule has 1 amide bonds. The first-order valence-electron chi connectivity index (χ1n) is 5.83. The molecule has 5 heteroatoms. The Bertz CT molecular complexity index is 399. The van der Waals surface area contributed by atoms with Crippen molar-refractivity contribution in [3.05, 3.63) is 20.8 Å². The van der Waals surface area contributed by atoms with Gasteiger partial charge in [0, 0.05) is 17.6 Å². The molecule has 2 N–H and O–H groups in total. The molecular formula is C12H17BrN2OS. The lowest BCUT2D eigenvalue weighted by atomic mass is 9.83. The molecule has 2 heterocycles. The summed E-state index contributed by atoms with van der Waals surface area (Å²) >= 11 is 4.85. The largest absolute Gasteiger partial charge is 0.351 e. The van der Waals surface area contributed by atoms with E-state index in [0.717, 1.165) is 29.0 Å². The van der Waals surface area contributed by atoms with E-state index in [9.17, 15) is 4.79 Å². The second-order valence-electron chi connectivity index (χ2n) is 4.87. The number of thiophene rings is 1. The van der Waals surface area contributed by atoms with Crippen LogP contribution >= 0.6 is 27.3 Å². The first-order valence-corrected chi connectivity index (χ1v) is 7.50. The van der Waals surface area contributed by atoms with Gasteiger partial charge in [-0.2, -0.15) is 0 Å². The molecule has 0 radical (unpaired) electrons. The number of halogens is 1. The highest BCUT2D eigenvalue weighted by Gasteiger charge is 2.27. The molecule has 2 rings (SSSR count). The molecule has 1 aliphatic rings. The molecule has 1 fully saturated rings. The van der Waals surface area contributed by atoms with Gasteiger partial charge < -0.3 is 10.6 Å². The van der Waals surface area contributed by atoms with E-state index < -0.39 is 0 Å². The standard InChI is InChI=1S/C12H17BrN2OS/c1-12(4-2-5-14-7-12)8-15-11(16)10-9(13)3-6-17-10/h3,6,14H,2,4-5,7-8H2,1H3,(H,15,16). The van der Waals surface area contributed by atoms with Crippen molar-refractivity contribution in [2.24, 2.45) is 5.41 Å². The van der Waals surface area contributed by atoms with Crippen molar-refractivity contribution in [3.63, 3.8) is 0 Å². The maximum absolute atomic E-state index is 12.0.